The van der Waals surface area contributed by atoms with Crippen molar-refractivity contribution in [3.8, 4) is 16.9 Å². The normalized spacial score (nSPS) is 10.6. The molecule has 0 aliphatic heterocycles. The third-order valence-corrected chi connectivity index (χ3v) is 4.93. The molecule has 8 heteroatoms. The number of nitrogens with zero attached hydrogens (tertiary/aromatic N) is 2. The van der Waals surface area contributed by atoms with E-state index in [4.69, 9.17) is 4.74 Å². The van der Waals surface area contributed by atoms with E-state index in [1.54, 1.807) is 12.3 Å². The molecule has 0 atom stereocenters. The highest BCUT2D eigenvalue weighted by atomic mass is 32.1. The van der Waals surface area contributed by atoms with Crippen LogP contribution in [-0.4, -0.2) is 27.8 Å². The smallest absolute Gasteiger partial charge is 0.276 e. The lowest BCUT2D eigenvalue weighted by Crippen LogP contribution is -2.44. The molecule has 4 aromatic rings. The molecule has 0 fully saturated rings. The van der Waals surface area contributed by atoms with Gasteiger partial charge in [-0.15, -0.1) is 11.3 Å². The van der Waals surface area contributed by atoms with Crippen molar-refractivity contribution >= 4 is 28.1 Å². The molecule has 2 aromatic carbocycles. The summed E-state index contributed by atoms with van der Waals surface area (Å²) in [6, 6.07) is 17.3. The first-order chi connectivity index (χ1) is 14.2. The van der Waals surface area contributed by atoms with Crippen molar-refractivity contribution in [1.82, 2.24) is 20.2 Å². The fourth-order valence-electron chi connectivity index (χ4n) is 2.84. The number of benzene rings is 2. The minimum atomic E-state index is -0.452. The third-order valence-electron chi connectivity index (χ3n) is 4.16. The molecule has 0 radical (unpaired) electrons. The third kappa shape index (κ3) is 4.61. The Morgan fingerprint density at radius 2 is 1.76 bits per heavy atom. The number of aromatic nitrogens is 2. The second kappa shape index (κ2) is 8.57. The first kappa shape index (κ1) is 18.7. The van der Waals surface area contributed by atoms with Gasteiger partial charge in [0.25, 0.3) is 5.91 Å². The van der Waals surface area contributed by atoms with Gasteiger partial charge in [-0.25, -0.2) is 4.98 Å². The van der Waals surface area contributed by atoms with Crippen LogP contribution in [0.3, 0.4) is 0 Å². The zero-order valence-corrected chi connectivity index (χ0v) is 16.2. The summed E-state index contributed by atoms with van der Waals surface area (Å²) < 4.78 is 7.51. The second-order valence-corrected chi connectivity index (χ2v) is 7.12. The van der Waals surface area contributed by atoms with Crippen molar-refractivity contribution in [3.05, 3.63) is 78.1 Å². The van der Waals surface area contributed by atoms with Crippen LogP contribution in [0.2, 0.25) is 0 Å². The quantitative estimate of drug-likeness (QED) is 0.482. The fraction of sp³-hybridized carbons (Fsp3) is 0.0952. The zero-order chi connectivity index (χ0) is 20.1. The van der Waals surface area contributed by atoms with Crippen molar-refractivity contribution in [2.45, 2.75) is 6.42 Å². The number of para-hydroxylation sites is 1. The highest BCUT2D eigenvalue weighted by Gasteiger charge is 2.11. The molecule has 2 N–H and O–H groups in total. The summed E-state index contributed by atoms with van der Waals surface area (Å²) in [4.78, 5) is 29.2. The maximum absolute atomic E-state index is 12.1. The van der Waals surface area contributed by atoms with Crippen LogP contribution in [0.1, 0.15) is 5.69 Å². The highest BCUT2D eigenvalue weighted by molar-refractivity contribution is 7.15. The molecule has 0 unspecified atom stereocenters. The molecule has 0 aliphatic rings. The number of thiazole rings is 1. The molecular formula is C21H18N4O3S. The van der Waals surface area contributed by atoms with Gasteiger partial charge in [-0.2, -0.15) is 0 Å². The molecule has 4 rings (SSSR count). The number of imidazole rings is 1. The maximum atomic E-state index is 12.1. The van der Waals surface area contributed by atoms with Gasteiger partial charge in [0.2, 0.25) is 5.91 Å². The molecule has 2 heterocycles. The van der Waals surface area contributed by atoms with Crippen LogP contribution in [0, 0.1) is 0 Å². The van der Waals surface area contributed by atoms with Crippen LogP contribution in [0.25, 0.3) is 16.1 Å². The summed E-state index contributed by atoms with van der Waals surface area (Å²) in [5.74, 6) is -0.209. The number of hydrogen-bond acceptors (Lipinski definition) is 5. The van der Waals surface area contributed by atoms with Gasteiger partial charge >= 0.3 is 0 Å². The van der Waals surface area contributed by atoms with Crippen molar-refractivity contribution in [3.63, 3.8) is 0 Å². The Kier molecular flexibility index (Phi) is 5.53. The summed E-state index contributed by atoms with van der Waals surface area (Å²) in [5, 5.41) is 1.92. The topological polar surface area (TPSA) is 84.7 Å². The van der Waals surface area contributed by atoms with Crippen molar-refractivity contribution in [2.24, 2.45) is 0 Å². The standard InChI is InChI=1S/C21H18N4O3S/c26-19(12-16-13-25-10-11-29-21(25)22-16)23-24-20(27)14-28-18-9-5-4-8-17(18)15-6-2-1-3-7-15/h1-11,13H,12,14H2,(H,23,26)(H,24,27). The average molecular weight is 406 g/mol. The Morgan fingerprint density at radius 3 is 2.59 bits per heavy atom. The van der Waals surface area contributed by atoms with Gasteiger partial charge in [0.05, 0.1) is 12.1 Å². The van der Waals surface area contributed by atoms with E-state index < -0.39 is 5.91 Å². The summed E-state index contributed by atoms with van der Waals surface area (Å²) in [7, 11) is 0. The van der Waals surface area contributed by atoms with E-state index in [9.17, 15) is 9.59 Å². The van der Waals surface area contributed by atoms with Gasteiger partial charge in [0, 0.05) is 23.3 Å². The van der Waals surface area contributed by atoms with Crippen LogP contribution < -0.4 is 15.6 Å². The molecule has 0 bridgehead atoms. The Morgan fingerprint density at radius 1 is 1.00 bits per heavy atom. The Balaban J connectivity index is 1.28. The van der Waals surface area contributed by atoms with Gasteiger partial charge in [-0.05, 0) is 11.6 Å². The van der Waals surface area contributed by atoms with Gasteiger partial charge in [0.1, 0.15) is 5.75 Å². The molecule has 0 aliphatic carbocycles. The van der Waals surface area contributed by atoms with Crippen molar-refractivity contribution in [1.29, 1.82) is 0 Å². The molecule has 0 saturated heterocycles. The number of amides is 2. The predicted octanol–water partition coefficient (Wildman–Crippen LogP) is 2.83. The summed E-state index contributed by atoms with van der Waals surface area (Å²) >= 11 is 1.49. The SMILES string of the molecule is O=C(COc1ccccc1-c1ccccc1)NNC(=O)Cc1cn2ccsc2n1. The number of rotatable bonds is 6. The lowest BCUT2D eigenvalue weighted by Gasteiger charge is -2.12. The van der Waals surface area contributed by atoms with E-state index in [0.717, 1.165) is 16.1 Å². The monoisotopic (exact) mass is 406 g/mol. The van der Waals surface area contributed by atoms with Crippen LogP contribution in [0.15, 0.2) is 72.4 Å². The van der Waals surface area contributed by atoms with Gasteiger partial charge in [-0.1, -0.05) is 48.5 Å². The van der Waals surface area contributed by atoms with E-state index in [0.29, 0.717) is 11.4 Å². The van der Waals surface area contributed by atoms with Crippen LogP contribution >= 0.6 is 11.3 Å². The number of hydrazine groups is 1. The lowest BCUT2D eigenvalue weighted by molar-refractivity contribution is -0.129. The van der Waals surface area contributed by atoms with Gasteiger partial charge < -0.3 is 4.74 Å². The summed E-state index contributed by atoms with van der Waals surface area (Å²) in [5.41, 5.74) is 7.28. The number of carbonyl (C=O) groups excluding carboxylic acids is 2. The number of ether oxygens (including phenoxy) is 1. The molecular weight excluding hydrogens is 388 g/mol. The first-order valence-electron chi connectivity index (χ1n) is 8.95. The lowest BCUT2D eigenvalue weighted by atomic mass is 10.1. The minimum absolute atomic E-state index is 0.0758. The van der Waals surface area contributed by atoms with Gasteiger partial charge in [-0.3, -0.25) is 24.8 Å². The van der Waals surface area contributed by atoms with Crippen LogP contribution in [0.5, 0.6) is 5.75 Å². The number of nitrogens with one attached hydrogen (secondary N) is 2. The van der Waals surface area contributed by atoms with E-state index in [-0.39, 0.29) is 18.9 Å². The van der Waals surface area contributed by atoms with Crippen LogP contribution in [-0.2, 0) is 16.0 Å². The summed E-state index contributed by atoms with van der Waals surface area (Å²) in [6.07, 6.45) is 3.74. The number of hydrogen-bond donors (Lipinski definition) is 2. The van der Waals surface area contributed by atoms with Crippen molar-refractivity contribution < 1.29 is 14.3 Å². The van der Waals surface area contributed by atoms with Gasteiger partial charge in [0.15, 0.2) is 11.6 Å². The first-order valence-corrected chi connectivity index (χ1v) is 9.83. The Bertz CT molecular complexity index is 1110. The highest BCUT2D eigenvalue weighted by Crippen LogP contribution is 2.29. The zero-order valence-electron chi connectivity index (χ0n) is 15.4. The number of carbonyl (C=O) groups is 2. The minimum Gasteiger partial charge on any atom is -0.483 e. The van der Waals surface area contributed by atoms with E-state index in [1.165, 1.54) is 11.3 Å². The Labute approximate surface area is 170 Å². The molecule has 29 heavy (non-hydrogen) atoms. The second-order valence-electron chi connectivity index (χ2n) is 6.25. The predicted molar refractivity (Wildman–Crippen MR) is 110 cm³/mol. The molecule has 0 saturated carbocycles. The molecule has 2 amide bonds. The van der Waals surface area contributed by atoms with Crippen molar-refractivity contribution in [2.75, 3.05) is 6.61 Å². The summed E-state index contributed by atoms with van der Waals surface area (Å²) in [6.45, 7) is -0.218. The fourth-order valence-corrected chi connectivity index (χ4v) is 3.56. The van der Waals surface area contributed by atoms with E-state index in [1.807, 2.05) is 64.5 Å². The molecule has 0 spiro atoms. The molecule has 7 nitrogen and oxygen atoms in total. The van der Waals surface area contributed by atoms with E-state index >= 15 is 0 Å². The molecule has 2 aromatic heterocycles. The Hall–Kier alpha value is -3.65. The number of fused-ring (bicyclic) bond motifs is 1. The van der Waals surface area contributed by atoms with Crippen LogP contribution in [0.4, 0.5) is 0 Å². The largest absolute Gasteiger partial charge is 0.483 e. The maximum Gasteiger partial charge on any atom is 0.276 e. The molecule has 146 valence electrons. The average Bonchev–Trinajstić information content (AvgIpc) is 3.33. The van der Waals surface area contributed by atoms with E-state index in [2.05, 4.69) is 15.8 Å².